The summed E-state index contributed by atoms with van der Waals surface area (Å²) in [6.07, 6.45) is 9.73. The van der Waals surface area contributed by atoms with Gasteiger partial charge in [0, 0.05) is 58.8 Å². The summed E-state index contributed by atoms with van der Waals surface area (Å²) < 4.78 is 0. The number of carbonyl (C=O) groups excluding carboxylic acids is 1. The predicted molar refractivity (Wildman–Crippen MR) is 108 cm³/mol. The molecule has 0 bridgehead atoms. The molecular formula is C20H39N5O. The number of piperazine rings is 1. The van der Waals surface area contributed by atoms with E-state index in [-0.39, 0.29) is 0 Å². The second kappa shape index (κ2) is 12.2. The highest BCUT2D eigenvalue weighted by molar-refractivity contribution is 5.79. The Morgan fingerprint density at radius 3 is 2.35 bits per heavy atom. The maximum absolute atomic E-state index is 12.5. The Bertz CT molecular complexity index is 426. The molecule has 0 aromatic carbocycles. The zero-order chi connectivity index (χ0) is 18.6. The van der Waals surface area contributed by atoms with Gasteiger partial charge in [-0.25, -0.2) is 0 Å². The Morgan fingerprint density at radius 2 is 1.69 bits per heavy atom. The third-order valence-corrected chi connectivity index (χ3v) is 5.66. The number of aliphatic imine (C=N–C) groups is 1. The smallest absolute Gasteiger partial charge is 0.225 e. The van der Waals surface area contributed by atoms with E-state index in [1.165, 1.54) is 38.5 Å². The van der Waals surface area contributed by atoms with E-state index in [0.29, 0.717) is 11.8 Å². The van der Waals surface area contributed by atoms with Crippen molar-refractivity contribution < 1.29 is 4.79 Å². The SMILES string of the molecule is CCCCCCNC(=NC)NCCN1CCN(C(=O)C2CCCC2)CC1. The van der Waals surface area contributed by atoms with Crippen LogP contribution in [0.5, 0.6) is 0 Å². The summed E-state index contributed by atoms with van der Waals surface area (Å²) >= 11 is 0. The highest BCUT2D eigenvalue weighted by atomic mass is 16.2. The van der Waals surface area contributed by atoms with Gasteiger partial charge in [0.1, 0.15) is 0 Å². The fraction of sp³-hybridized carbons (Fsp3) is 0.900. The van der Waals surface area contributed by atoms with Crippen LogP contribution in [0.25, 0.3) is 0 Å². The average Bonchev–Trinajstić information content (AvgIpc) is 3.21. The number of carbonyl (C=O) groups is 1. The third kappa shape index (κ3) is 7.14. The van der Waals surface area contributed by atoms with E-state index < -0.39 is 0 Å². The van der Waals surface area contributed by atoms with E-state index in [9.17, 15) is 4.79 Å². The lowest BCUT2D eigenvalue weighted by Gasteiger charge is -2.36. The lowest BCUT2D eigenvalue weighted by atomic mass is 10.1. The molecule has 0 atom stereocenters. The molecule has 1 saturated heterocycles. The van der Waals surface area contributed by atoms with E-state index in [1.807, 2.05) is 7.05 Å². The summed E-state index contributed by atoms with van der Waals surface area (Å²) in [5, 5.41) is 6.79. The summed E-state index contributed by atoms with van der Waals surface area (Å²) in [6, 6.07) is 0. The number of hydrogen-bond acceptors (Lipinski definition) is 3. The quantitative estimate of drug-likeness (QED) is 0.373. The second-order valence-corrected chi connectivity index (χ2v) is 7.63. The minimum atomic E-state index is 0.315. The topological polar surface area (TPSA) is 60.0 Å². The van der Waals surface area contributed by atoms with Crippen molar-refractivity contribution in [2.45, 2.75) is 58.3 Å². The molecule has 1 amide bonds. The molecule has 26 heavy (non-hydrogen) atoms. The van der Waals surface area contributed by atoms with Gasteiger partial charge in [0.05, 0.1) is 0 Å². The van der Waals surface area contributed by atoms with Crippen molar-refractivity contribution in [3.63, 3.8) is 0 Å². The molecule has 0 spiro atoms. The van der Waals surface area contributed by atoms with Gasteiger partial charge >= 0.3 is 0 Å². The largest absolute Gasteiger partial charge is 0.356 e. The molecule has 150 valence electrons. The van der Waals surface area contributed by atoms with Crippen LogP contribution < -0.4 is 10.6 Å². The molecule has 0 aromatic rings. The first-order chi connectivity index (χ1) is 12.7. The average molecular weight is 366 g/mol. The van der Waals surface area contributed by atoms with Crippen molar-refractivity contribution in [3.05, 3.63) is 0 Å². The van der Waals surface area contributed by atoms with Crippen LogP contribution in [0.4, 0.5) is 0 Å². The predicted octanol–water partition coefficient (Wildman–Crippen LogP) is 2.07. The molecular weight excluding hydrogens is 326 g/mol. The fourth-order valence-corrected chi connectivity index (χ4v) is 3.93. The van der Waals surface area contributed by atoms with Gasteiger partial charge < -0.3 is 15.5 Å². The lowest BCUT2D eigenvalue weighted by molar-refractivity contribution is -0.137. The first kappa shape index (κ1) is 21.0. The van der Waals surface area contributed by atoms with E-state index in [4.69, 9.17) is 0 Å². The van der Waals surface area contributed by atoms with Crippen molar-refractivity contribution in [2.24, 2.45) is 10.9 Å². The van der Waals surface area contributed by atoms with E-state index >= 15 is 0 Å². The Kier molecular flexibility index (Phi) is 9.82. The lowest BCUT2D eigenvalue weighted by Crippen LogP contribution is -2.51. The van der Waals surface area contributed by atoms with Crippen molar-refractivity contribution in [2.75, 3.05) is 52.9 Å². The van der Waals surface area contributed by atoms with Gasteiger partial charge in [0.25, 0.3) is 0 Å². The Balaban J connectivity index is 1.55. The highest BCUT2D eigenvalue weighted by Crippen LogP contribution is 2.26. The monoisotopic (exact) mass is 365 g/mol. The van der Waals surface area contributed by atoms with E-state index in [1.54, 1.807) is 0 Å². The highest BCUT2D eigenvalue weighted by Gasteiger charge is 2.29. The summed E-state index contributed by atoms with van der Waals surface area (Å²) in [6.45, 7) is 8.87. The normalized spacial score (nSPS) is 19.8. The molecule has 6 heteroatoms. The third-order valence-electron chi connectivity index (χ3n) is 5.66. The molecule has 2 rings (SSSR count). The van der Waals surface area contributed by atoms with Gasteiger partial charge in [0.2, 0.25) is 5.91 Å². The van der Waals surface area contributed by atoms with Crippen LogP contribution in [-0.2, 0) is 4.79 Å². The maximum atomic E-state index is 12.5. The molecule has 1 heterocycles. The van der Waals surface area contributed by atoms with Gasteiger partial charge in [0.15, 0.2) is 5.96 Å². The molecule has 6 nitrogen and oxygen atoms in total. The van der Waals surface area contributed by atoms with Gasteiger partial charge in [-0.3, -0.25) is 14.7 Å². The minimum absolute atomic E-state index is 0.315. The van der Waals surface area contributed by atoms with Crippen LogP contribution in [0.2, 0.25) is 0 Å². The van der Waals surface area contributed by atoms with Crippen molar-refractivity contribution in [1.82, 2.24) is 20.4 Å². The Morgan fingerprint density at radius 1 is 1.00 bits per heavy atom. The zero-order valence-electron chi connectivity index (χ0n) is 16.9. The van der Waals surface area contributed by atoms with Gasteiger partial charge in [-0.05, 0) is 19.3 Å². The van der Waals surface area contributed by atoms with E-state index in [2.05, 4.69) is 32.3 Å². The molecule has 1 aliphatic carbocycles. The number of rotatable bonds is 9. The Hall–Kier alpha value is -1.30. The first-order valence-electron chi connectivity index (χ1n) is 10.7. The molecule has 2 N–H and O–H groups in total. The molecule has 0 radical (unpaired) electrons. The second-order valence-electron chi connectivity index (χ2n) is 7.63. The summed E-state index contributed by atoms with van der Waals surface area (Å²) in [4.78, 5) is 21.3. The Labute approximate surface area is 159 Å². The standard InChI is InChI=1S/C20H39N5O/c1-3-4-5-8-11-22-20(21-2)23-12-13-24-14-16-25(17-15-24)19(26)18-9-6-7-10-18/h18H,3-17H2,1-2H3,(H2,21,22,23). The number of hydrogen-bond donors (Lipinski definition) is 2. The van der Waals surface area contributed by atoms with Crippen LogP contribution in [-0.4, -0.2) is 74.5 Å². The van der Waals surface area contributed by atoms with Crippen LogP contribution in [0, 0.1) is 5.92 Å². The maximum Gasteiger partial charge on any atom is 0.225 e. The van der Waals surface area contributed by atoms with Crippen molar-refractivity contribution >= 4 is 11.9 Å². The summed E-state index contributed by atoms with van der Waals surface area (Å²) in [7, 11) is 1.83. The molecule has 1 aliphatic heterocycles. The molecule has 0 unspecified atom stereocenters. The number of unbranched alkanes of at least 4 members (excludes halogenated alkanes) is 3. The first-order valence-corrected chi connectivity index (χ1v) is 10.7. The summed E-state index contributed by atoms with van der Waals surface area (Å²) in [5.41, 5.74) is 0. The van der Waals surface area contributed by atoms with Crippen LogP contribution in [0.3, 0.4) is 0 Å². The number of nitrogens with zero attached hydrogens (tertiary/aromatic N) is 3. The number of nitrogens with one attached hydrogen (secondary N) is 2. The van der Waals surface area contributed by atoms with Gasteiger partial charge in [-0.2, -0.15) is 0 Å². The molecule has 2 fully saturated rings. The molecule has 2 aliphatic rings. The molecule has 0 aromatic heterocycles. The number of amides is 1. The van der Waals surface area contributed by atoms with Crippen LogP contribution in [0.1, 0.15) is 58.3 Å². The zero-order valence-corrected chi connectivity index (χ0v) is 16.9. The summed E-state index contributed by atoms with van der Waals surface area (Å²) in [5.74, 6) is 1.62. The van der Waals surface area contributed by atoms with E-state index in [0.717, 1.165) is 64.6 Å². The fourth-order valence-electron chi connectivity index (χ4n) is 3.93. The van der Waals surface area contributed by atoms with Crippen LogP contribution in [0.15, 0.2) is 4.99 Å². The van der Waals surface area contributed by atoms with Gasteiger partial charge in [-0.1, -0.05) is 39.0 Å². The minimum Gasteiger partial charge on any atom is -0.356 e. The molecule has 1 saturated carbocycles. The number of guanidine groups is 1. The van der Waals surface area contributed by atoms with Crippen molar-refractivity contribution in [3.8, 4) is 0 Å². The van der Waals surface area contributed by atoms with Crippen molar-refractivity contribution in [1.29, 1.82) is 0 Å². The van der Waals surface area contributed by atoms with Gasteiger partial charge in [-0.15, -0.1) is 0 Å². The van der Waals surface area contributed by atoms with Crippen LogP contribution >= 0.6 is 0 Å².